The van der Waals surface area contributed by atoms with Gasteiger partial charge in [-0.25, -0.2) is 9.78 Å². The maximum atomic E-state index is 11.5. The normalized spacial score (nSPS) is 10.6. The monoisotopic (exact) mass is 266 g/mol. The zero-order valence-corrected chi connectivity index (χ0v) is 10.8. The second kappa shape index (κ2) is 5.73. The van der Waals surface area contributed by atoms with E-state index in [0.29, 0.717) is 17.5 Å². The maximum Gasteiger partial charge on any atom is 0.321 e. The Hall–Kier alpha value is -1.75. The molecular weight excluding hydrogens is 252 g/mol. The molecule has 1 heterocycles. The zero-order valence-electron chi connectivity index (χ0n) is 10.1. The van der Waals surface area contributed by atoms with Crippen LogP contribution in [0.3, 0.4) is 0 Å². The van der Waals surface area contributed by atoms with Crippen LogP contribution in [0.1, 0.15) is 19.8 Å². The predicted molar refractivity (Wildman–Crippen MR) is 73.0 cm³/mol. The number of carbonyl (C=O) groups excluding carboxylic acids is 1. The van der Waals surface area contributed by atoms with Gasteiger partial charge in [0, 0.05) is 11.6 Å². The van der Waals surface area contributed by atoms with Crippen molar-refractivity contribution in [2.45, 2.75) is 19.8 Å². The molecule has 2 amide bonds. The number of unbranched alkanes of at least 4 members (excludes halogenated alkanes) is 1. The third-order valence-corrected chi connectivity index (χ3v) is 2.73. The van der Waals surface area contributed by atoms with E-state index < -0.39 is 0 Å². The standard InChI is InChI=1S/C12H15ClN4O/c1-2-3-6-14-12(18)17-11-15-9-5-4-8(13)7-10(9)16-11/h4-5,7H,2-3,6H2,1H3,(H3,14,15,16,17,18). The van der Waals surface area contributed by atoms with Gasteiger partial charge in [-0.1, -0.05) is 24.9 Å². The summed E-state index contributed by atoms with van der Waals surface area (Å²) in [4.78, 5) is 18.7. The number of H-pyrrole nitrogens is 1. The number of nitrogens with one attached hydrogen (secondary N) is 3. The second-order valence-corrected chi connectivity index (χ2v) is 4.42. The van der Waals surface area contributed by atoms with Gasteiger partial charge in [0.15, 0.2) is 0 Å². The molecule has 0 aliphatic heterocycles. The quantitative estimate of drug-likeness (QED) is 0.744. The number of hydrogen-bond donors (Lipinski definition) is 3. The number of halogens is 1. The number of aromatic nitrogens is 2. The Balaban J connectivity index is 2.01. The Kier molecular flexibility index (Phi) is 4.04. The van der Waals surface area contributed by atoms with E-state index >= 15 is 0 Å². The maximum absolute atomic E-state index is 11.5. The van der Waals surface area contributed by atoms with Crippen LogP contribution in [-0.4, -0.2) is 22.5 Å². The molecule has 0 bridgehead atoms. The van der Waals surface area contributed by atoms with E-state index in [4.69, 9.17) is 11.6 Å². The highest BCUT2D eigenvalue weighted by atomic mass is 35.5. The number of imidazole rings is 1. The summed E-state index contributed by atoms with van der Waals surface area (Å²) >= 11 is 5.87. The van der Waals surface area contributed by atoms with Crippen molar-refractivity contribution in [2.24, 2.45) is 0 Å². The van der Waals surface area contributed by atoms with Gasteiger partial charge in [0.2, 0.25) is 5.95 Å². The minimum atomic E-state index is -0.256. The number of urea groups is 1. The van der Waals surface area contributed by atoms with Gasteiger partial charge in [-0.3, -0.25) is 5.32 Å². The fourth-order valence-electron chi connectivity index (χ4n) is 1.57. The van der Waals surface area contributed by atoms with E-state index in [9.17, 15) is 4.79 Å². The van der Waals surface area contributed by atoms with Gasteiger partial charge in [0.1, 0.15) is 0 Å². The van der Waals surface area contributed by atoms with Gasteiger partial charge in [0.25, 0.3) is 0 Å². The number of amides is 2. The van der Waals surface area contributed by atoms with Gasteiger partial charge in [-0.15, -0.1) is 0 Å². The van der Waals surface area contributed by atoms with E-state index in [2.05, 4.69) is 27.5 Å². The topological polar surface area (TPSA) is 69.8 Å². The first-order valence-electron chi connectivity index (χ1n) is 5.89. The lowest BCUT2D eigenvalue weighted by atomic mass is 10.3. The molecule has 0 fully saturated rings. The summed E-state index contributed by atoms with van der Waals surface area (Å²) in [5.74, 6) is 0.418. The molecule has 1 aromatic heterocycles. The lowest BCUT2D eigenvalue weighted by molar-refractivity contribution is 0.252. The van der Waals surface area contributed by atoms with Gasteiger partial charge < -0.3 is 10.3 Å². The first-order chi connectivity index (χ1) is 8.69. The highest BCUT2D eigenvalue weighted by molar-refractivity contribution is 6.31. The van der Waals surface area contributed by atoms with Gasteiger partial charge in [0.05, 0.1) is 11.0 Å². The first kappa shape index (κ1) is 12.7. The molecule has 0 saturated carbocycles. The Bertz CT molecular complexity index is 552. The van der Waals surface area contributed by atoms with Crippen molar-refractivity contribution in [1.29, 1.82) is 0 Å². The fourth-order valence-corrected chi connectivity index (χ4v) is 1.74. The van der Waals surface area contributed by atoms with E-state index in [-0.39, 0.29) is 6.03 Å². The third kappa shape index (κ3) is 3.13. The highest BCUT2D eigenvalue weighted by Gasteiger charge is 2.06. The predicted octanol–water partition coefficient (Wildman–Crippen LogP) is 3.14. The number of aromatic amines is 1. The number of fused-ring (bicyclic) bond motifs is 1. The van der Waals surface area contributed by atoms with Crippen LogP contribution in [0.5, 0.6) is 0 Å². The van der Waals surface area contributed by atoms with Crippen molar-refractivity contribution < 1.29 is 4.79 Å². The second-order valence-electron chi connectivity index (χ2n) is 3.98. The Morgan fingerprint density at radius 2 is 2.33 bits per heavy atom. The lowest BCUT2D eigenvalue weighted by Gasteiger charge is -2.03. The highest BCUT2D eigenvalue weighted by Crippen LogP contribution is 2.18. The molecule has 2 rings (SSSR count). The van der Waals surface area contributed by atoms with Crippen LogP contribution in [-0.2, 0) is 0 Å². The molecule has 5 nitrogen and oxygen atoms in total. The summed E-state index contributed by atoms with van der Waals surface area (Å²) in [5.41, 5.74) is 1.56. The Labute approximate surface area is 110 Å². The number of rotatable bonds is 4. The molecule has 6 heteroatoms. The van der Waals surface area contributed by atoms with Gasteiger partial charge in [-0.2, -0.15) is 0 Å². The van der Waals surface area contributed by atoms with E-state index in [1.54, 1.807) is 18.2 Å². The van der Waals surface area contributed by atoms with Crippen molar-refractivity contribution in [3.8, 4) is 0 Å². The molecule has 0 spiro atoms. The van der Waals surface area contributed by atoms with Crippen molar-refractivity contribution >= 4 is 34.6 Å². The number of carbonyl (C=O) groups is 1. The first-order valence-corrected chi connectivity index (χ1v) is 6.27. The summed E-state index contributed by atoms with van der Waals surface area (Å²) in [7, 11) is 0. The van der Waals surface area contributed by atoms with E-state index in [0.717, 1.165) is 23.9 Å². The number of nitrogens with zero attached hydrogens (tertiary/aromatic N) is 1. The van der Waals surface area contributed by atoms with Gasteiger partial charge in [-0.05, 0) is 24.6 Å². The molecule has 18 heavy (non-hydrogen) atoms. The third-order valence-electron chi connectivity index (χ3n) is 2.49. The van der Waals surface area contributed by atoms with Crippen LogP contribution in [0, 0.1) is 0 Å². The molecule has 0 saturated heterocycles. The summed E-state index contributed by atoms with van der Waals surface area (Å²) in [6.45, 7) is 2.73. The molecule has 2 aromatic rings. The molecular formula is C12H15ClN4O. The van der Waals surface area contributed by atoms with Crippen molar-refractivity contribution in [1.82, 2.24) is 15.3 Å². The molecule has 0 aliphatic rings. The van der Waals surface area contributed by atoms with Crippen LogP contribution in [0.25, 0.3) is 11.0 Å². The molecule has 3 N–H and O–H groups in total. The molecule has 1 aromatic carbocycles. The van der Waals surface area contributed by atoms with Crippen LogP contribution in [0.4, 0.5) is 10.7 Å². The van der Waals surface area contributed by atoms with Crippen molar-refractivity contribution in [3.05, 3.63) is 23.2 Å². The van der Waals surface area contributed by atoms with E-state index in [1.807, 2.05) is 0 Å². The fraction of sp³-hybridized carbons (Fsp3) is 0.333. The lowest BCUT2D eigenvalue weighted by Crippen LogP contribution is -2.29. The average molecular weight is 267 g/mol. The van der Waals surface area contributed by atoms with Crippen LogP contribution >= 0.6 is 11.6 Å². The number of benzene rings is 1. The minimum Gasteiger partial charge on any atom is -0.338 e. The smallest absolute Gasteiger partial charge is 0.321 e. The molecule has 0 atom stereocenters. The van der Waals surface area contributed by atoms with Crippen LogP contribution in [0.15, 0.2) is 18.2 Å². The number of anilines is 1. The van der Waals surface area contributed by atoms with Gasteiger partial charge >= 0.3 is 6.03 Å². The molecule has 0 radical (unpaired) electrons. The summed E-state index contributed by atoms with van der Waals surface area (Å²) < 4.78 is 0. The summed E-state index contributed by atoms with van der Waals surface area (Å²) in [6, 6.07) is 5.07. The molecule has 0 aliphatic carbocycles. The zero-order chi connectivity index (χ0) is 13.0. The Morgan fingerprint density at radius 1 is 1.50 bits per heavy atom. The summed E-state index contributed by atoms with van der Waals surface area (Å²) in [6.07, 6.45) is 2.01. The largest absolute Gasteiger partial charge is 0.338 e. The Morgan fingerprint density at radius 3 is 3.11 bits per heavy atom. The van der Waals surface area contributed by atoms with Crippen molar-refractivity contribution in [2.75, 3.05) is 11.9 Å². The number of hydrogen-bond acceptors (Lipinski definition) is 2. The van der Waals surface area contributed by atoms with Crippen LogP contribution < -0.4 is 10.6 Å². The van der Waals surface area contributed by atoms with Crippen LogP contribution in [0.2, 0.25) is 5.02 Å². The molecule has 96 valence electrons. The summed E-state index contributed by atoms with van der Waals surface area (Å²) in [5, 5.41) is 6.03. The van der Waals surface area contributed by atoms with Crippen molar-refractivity contribution in [3.63, 3.8) is 0 Å². The minimum absolute atomic E-state index is 0.256. The SMILES string of the molecule is CCCCNC(=O)Nc1nc2ccc(Cl)cc2[nH]1. The molecule has 0 unspecified atom stereocenters. The van der Waals surface area contributed by atoms with E-state index in [1.165, 1.54) is 0 Å². The average Bonchev–Trinajstić information content (AvgIpc) is 2.70.